The van der Waals surface area contributed by atoms with E-state index < -0.39 is 24.5 Å². The minimum Gasteiger partial charge on any atom is -0.481 e. The monoisotopic (exact) mass is 239 g/mol. The summed E-state index contributed by atoms with van der Waals surface area (Å²) in [6.45, 7) is -0.127. The van der Waals surface area contributed by atoms with Gasteiger partial charge in [-0.1, -0.05) is 6.42 Å². The first-order valence-electron chi connectivity index (χ1n) is 5.31. The van der Waals surface area contributed by atoms with Crippen LogP contribution in [0, 0.1) is 5.92 Å². The molecular formula is C10H16F3NO2. The SMILES string of the molecule is CN(CCC(F)(F)F)C1CCCC1C(=O)O. The molecule has 2 unspecified atom stereocenters. The number of nitrogens with zero attached hydrogens (tertiary/aromatic N) is 1. The van der Waals surface area contributed by atoms with Gasteiger partial charge in [0.2, 0.25) is 0 Å². The van der Waals surface area contributed by atoms with Crippen LogP contribution in [0.2, 0.25) is 0 Å². The summed E-state index contributed by atoms with van der Waals surface area (Å²) in [5, 5.41) is 8.91. The zero-order chi connectivity index (χ0) is 12.3. The van der Waals surface area contributed by atoms with Crippen molar-refractivity contribution in [3.8, 4) is 0 Å². The first-order valence-corrected chi connectivity index (χ1v) is 5.31. The fourth-order valence-electron chi connectivity index (χ4n) is 2.23. The second-order valence-corrected chi connectivity index (χ2v) is 4.29. The molecule has 16 heavy (non-hydrogen) atoms. The first kappa shape index (κ1) is 13.3. The highest BCUT2D eigenvalue weighted by Crippen LogP contribution is 2.30. The maximum Gasteiger partial charge on any atom is 0.390 e. The molecule has 0 aromatic rings. The number of aliphatic carboxylic acids is 1. The van der Waals surface area contributed by atoms with Gasteiger partial charge >= 0.3 is 12.1 Å². The largest absolute Gasteiger partial charge is 0.481 e. The molecule has 0 bridgehead atoms. The normalized spacial score (nSPS) is 26.3. The van der Waals surface area contributed by atoms with E-state index in [0.717, 1.165) is 6.42 Å². The average molecular weight is 239 g/mol. The number of hydrogen-bond donors (Lipinski definition) is 1. The average Bonchev–Trinajstić information content (AvgIpc) is 2.61. The van der Waals surface area contributed by atoms with Crippen LogP contribution in [-0.4, -0.2) is 41.8 Å². The third kappa shape index (κ3) is 3.66. The number of alkyl halides is 3. The van der Waals surface area contributed by atoms with Gasteiger partial charge in [0.25, 0.3) is 0 Å². The first-order chi connectivity index (χ1) is 7.31. The van der Waals surface area contributed by atoms with Gasteiger partial charge in [0.1, 0.15) is 0 Å². The van der Waals surface area contributed by atoms with E-state index in [1.54, 1.807) is 7.05 Å². The van der Waals surface area contributed by atoms with Crippen molar-refractivity contribution in [1.29, 1.82) is 0 Å². The van der Waals surface area contributed by atoms with Crippen LogP contribution in [0.25, 0.3) is 0 Å². The van der Waals surface area contributed by atoms with E-state index in [0.29, 0.717) is 12.8 Å². The lowest BCUT2D eigenvalue weighted by atomic mass is 10.0. The van der Waals surface area contributed by atoms with E-state index in [1.807, 2.05) is 0 Å². The van der Waals surface area contributed by atoms with Gasteiger partial charge in [0.05, 0.1) is 12.3 Å². The number of hydrogen-bond acceptors (Lipinski definition) is 2. The maximum atomic E-state index is 12.0. The van der Waals surface area contributed by atoms with Crippen LogP contribution in [0.1, 0.15) is 25.7 Å². The molecule has 0 aromatic carbocycles. The molecule has 0 saturated heterocycles. The Bertz CT molecular complexity index is 255. The van der Waals surface area contributed by atoms with E-state index in [1.165, 1.54) is 4.90 Å². The van der Waals surface area contributed by atoms with Crippen molar-refractivity contribution in [3.63, 3.8) is 0 Å². The molecule has 94 valence electrons. The fraction of sp³-hybridized carbons (Fsp3) is 0.900. The topological polar surface area (TPSA) is 40.5 Å². The van der Waals surface area contributed by atoms with Gasteiger partial charge in [-0.15, -0.1) is 0 Å². The lowest BCUT2D eigenvalue weighted by Crippen LogP contribution is -2.39. The number of carboxylic acids is 1. The highest BCUT2D eigenvalue weighted by atomic mass is 19.4. The van der Waals surface area contributed by atoms with Crippen LogP contribution >= 0.6 is 0 Å². The smallest absolute Gasteiger partial charge is 0.390 e. The molecule has 1 fully saturated rings. The Morgan fingerprint density at radius 2 is 2.06 bits per heavy atom. The second-order valence-electron chi connectivity index (χ2n) is 4.29. The van der Waals surface area contributed by atoms with E-state index >= 15 is 0 Å². The summed E-state index contributed by atoms with van der Waals surface area (Å²) in [6.07, 6.45) is -3.04. The van der Waals surface area contributed by atoms with Gasteiger partial charge in [-0.25, -0.2) is 0 Å². The zero-order valence-electron chi connectivity index (χ0n) is 9.13. The Hall–Kier alpha value is -0.780. The van der Waals surface area contributed by atoms with Gasteiger partial charge in [-0.2, -0.15) is 13.2 Å². The van der Waals surface area contributed by atoms with Crippen LogP contribution in [-0.2, 0) is 4.79 Å². The molecule has 0 amide bonds. The third-order valence-electron chi connectivity index (χ3n) is 3.11. The van der Waals surface area contributed by atoms with Crippen molar-refractivity contribution in [2.75, 3.05) is 13.6 Å². The van der Waals surface area contributed by atoms with Gasteiger partial charge in [0, 0.05) is 12.6 Å². The molecule has 0 aliphatic heterocycles. The standard InChI is InChI=1S/C10H16F3NO2/c1-14(6-5-10(11,12)13)8-4-2-3-7(8)9(15)16/h7-8H,2-6H2,1H3,(H,15,16). The number of rotatable bonds is 4. The summed E-state index contributed by atoms with van der Waals surface area (Å²) in [6, 6.07) is -0.250. The summed E-state index contributed by atoms with van der Waals surface area (Å²) in [4.78, 5) is 12.4. The van der Waals surface area contributed by atoms with Crippen molar-refractivity contribution in [3.05, 3.63) is 0 Å². The molecule has 1 aliphatic carbocycles. The number of carbonyl (C=O) groups is 1. The summed E-state index contributed by atoms with van der Waals surface area (Å²) < 4.78 is 36.0. The third-order valence-corrected chi connectivity index (χ3v) is 3.11. The van der Waals surface area contributed by atoms with Crippen molar-refractivity contribution < 1.29 is 23.1 Å². The molecule has 1 rings (SSSR count). The number of halogens is 3. The zero-order valence-corrected chi connectivity index (χ0v) is 9.13. The van der Waals surface area contributed by atoms with Crippen LogP contribution < -0.4 is 0 Å². The second kappa shape index (κ2) is 5.03. The number of carboxylic acid groups (broad SMARTS) is 1. The fourth-order valence-corrected chi connectivity index (χ4v) is 2.23. The predicted octanol–water partition coefficient (Wildman–Crippen LogP) is 2.12. The minimum atomic E-state index is -4.18. The van der Waals surface area contributed by atoms with Crippen LogP contribution in [0.4, 0.5) is 13.2 Å². The Kier molecular flexibility index (Phi) is 4.18. The molecular weight excluding hydrogens is 223 g/mol. The van der Waals surface area contributed by atoms with Crippen LogP contribution in [0.5, 0.6) is 0 Å². The van der Waals surface area contributed by atoms with Crippen LogP contribution in [0.3, 0.4) is 0 Å². The van der Waals surface area contributed by atoms with Gasteiger partial charge in [-0.3, -0.25) is 4.79 Å². The van der Waals surface area contributed by atoms with Crippen molar-refractivity contribution in [2.45, 2.75) is 37.9 Å². The van der Waals surface area contributed by atoms with Crippen molar-refractivity contribution in [2.24, 2.45) is 5.92 Å². The molecule has 1 N–H and O–H groups in total. The summed E-state index contributed by atoms with van der Waals surface area (Å²) in [5.74, 6) is -1.42. The minimum absolute atomic E-state index is 0.127. The molecule has 1 aliphatic rings. The van der Waals surface area contributed by atoms with E-state index in [2.05, 4.69) is 0 Å². The van der Waals surface area contributed by atoms with E-state index in [-0.39, 0.29) is 12.6 Å². The highest BCUT2D eigenvalue weighted by molar-refractivity contribution is 5.71. The van der Waals surface area contributed by atoms with Gasteiger partial charge < -0.3 is 10.0 Å². The van der Waals surface area contributed by atoms with E-state index in [4.69, 9.17) is 5.11 Å². The van der Waals surface area contributed by atoms with Gasteiger partial charge in [-0.05, 0) is 19.9 Å². The molecule has 6 heteroatoms. The lowest BCUT2D eigenvalue weighted by Gasteiger charge is -2.27. The molecule has 1 saturated carbocycles. The predicted molar refractivity (Wildman–Crippen MR) is 52.1 cm³/mol. The summed E-state index contributed by atoms with van der Waals surface area (Å²) in [7, 11) is 1.57. The molecule has 0 aromatic heterocycles. The van der Waals surface area contributed by atoms with Crippen molar-refractivity contribution >= 4 is 5.97 Å². The summed E-state index contributed by atoms with van der Waals surface area (Å²) in [5.41, 5.74) is 0. The van der Waals surface area contributed by atoms with Crippen molar-refractivity contribution in [1.82, 2.24) is 4.90 Å². The molecule has 0 heterocycles. The Balaban J connectivity index is 2.47. The van der Waals surface area contributed by atoms with E-state index in [9.17, 15) is 18.0 Å². The maximum absolute atomic E-state index is 12.0. The highest BCUT2D eigenvalue weighted by Gasteiger charge is 2.36. The molecule has 2 atom stereocenters. The molecule has 0 radical (unpaired) electrons. The molecule has 3 nitrogen and oxygen atoms in total. The Labute approximate surface area is 92.2 Å². The summed E-state index contributed by atoms with van der Waals surface area (Å²) >= 11 is 0. The molecule has 0 spiro atoms. The quantitative estimate of drug-likeness (QED) is 0.817. The Morgan fingerprint density at radius 3 is 2.56 bits per heavy atom. The van der Waals surface area contributed by atoms with Gasteiger partial charge in [0.15, 0.2) is 0 Å². The van der Waals surface area contributed by atoms with Crippen LogP contribution in [0.15, 0.2) is 0 Å². The Morgan fingerprint density at radius 1 is 1.44 bits per heavy atom. The lowest BCUT2D eigenvalue weighted by molar-refractivity contribution is -0.145.